The third-order valence-corrected chi connectivity index (χ3v) is 4.34. The number of nitrogens with zero attached hydrogens (tertiary/aromatic N) is 4. The van der Waals surface area contributed by atoms with Crippen LogP contribution in [0.3, 0.4) is 0 Å². The molecular weight excluding hydrogens is 262 g/mol. The molecule has 0 spiro atoms. The molecule has 0 saturated carbocycles. The summed E-state index contributed by atoms with van der Waals surface area (Å²) in [6, 6.07) is 9.05. The van der Waals surface area contributed by atoms with Crippen LogP contribution in [0.4, 0.5) is 0 Å². The van der Waals surface area contributed by atoms with Crippen LogP contribution in [0.5, 0.6) is 0 Å². The lowest BCUT2D eigenvalue weighted by molar-refractivity contribution is 0.261. The van der Waals surface area contributed by atoms with Crippen molar-refractivity contribution < 1.29 is 0 Å². The van der Waals surface area contributed by atoms with E-state index in [1.165, 1.54) is 30.3 Å². The summed E-state index contributed by atoms with van der Waals surface area (Å²) >= 11 is 0. The lowest BCUT2D eigenvalue weighted by Gasteiger charge is -2.30. The normalized spacial score (nSPS) is 20.6. The number of tetrazole rings is 1. The van der Waals surface area contributed by atoms with E-state index >= 15 is 0 Å². The topological polar surface area (TPSA) is 55.6 Å². The second kappa shape index (κ2) is 6.35. The fourth-order valence-corrected chi connectivity index (χ4v) is 3.12. The molecule has 0 aliphatic carbocycles. The predicted octanol–water partition coefficient (Wildman–Crippen LogP) is 2.39. The fourth-order valence-electron chi connectivity index (χ4n) is 3.12. The maximum Gasteiger partial charge on any atom is 0.162 e. The molecule has 1 aliphatic rings. The molecule has 1 aromatic carbocycles. The van der Waals surface area contributed by atoms with E-state index in [0.717, 1.165) is 13.1 Å². The van der Waals surface area contributed by atoms with Crippen molar-refractivity contribution in [3.05, 3.63) is 41.7 Å². The van der Waals surface area contributed by atoms with Gasteiger partial charge in [-0.2, -0.15) is 4.80 Å². The van der Waals surface area contributed by atoms with Crippen molar-refractivity contribution in [1.29, 1.82) is 0 Å². The molecule has 1 aliphatic heterocycles. The highest BCUT2D eigenvalue weighted by Crippen LogP contribution is 2.30. The molecule has 2 heterocycles. The van der Waals surface area contributed by atoms with Gasteiger partial charge in [-0.1, -0.05) is 38.1 Å². The number of hydrogen-bond donors (Lipinski definition) is 1. The summed E-state index contributed by atoms with van der Waals surface area (Å²) in [5.74, 6) is 1.07. The average Bonchev–Trinajstić information content (AvgIpc) is 3.03. The van der Waals surface area contributed by atoms with E-state index in [-0.39, 0.29) is 6.04 Å². The first-order chi connectivity index (χ1) is 10.3. The molecule has 1 aromatic heterocycles. The van der Waals surface area contributed by atoms with Crippen LogP contribution >= 0.6 is 0 Å². The molecule has 0 radical (unpaired) electrons. The Hall–Kier alpha value is -1.75. The number of piperidine rings is 1. The van der Waals surface area contributed by atoms with Crippen molar-refractivity contribution in [1.82, 2.24) is 25.5 Å². The van der Waals surface area contributed by atoms with Crippen LogP contribution in [0.2, 0.25) is 0 Å². The Morgan fingerprint density at radius 3 is 2.52 bits per heavy atom. The molecule has 1 saturated heterocycles. The zero-order valence-electron chi connectivity index (χ0n) is 12.7. The molecule has 3 rings (SSSR count). The molecule has 0 bridgehead atoms. The Bertz CT molecular complexity index is 541. The highest BCUT2D eigenvalue weighted by molar-refractivity contribution is 5.27. The molecule has 1 unspecified atom stereocenters. The summed E-state index contributed by atoms with van der Waals surface area (Å²) < 4.78 is 0. The van der Waals surface area contributed by atoms with Crippen LogP contribution in [0.25, 0.3) is 0 Å². The summed E-state index contributed by atoms with van der Waals surface area (Å²) in [6.07, 6.45) is 3.93. The Labute approximate surface area is 125 Å². The molecule has 5 nitrogen and oxygen atoms in total. The summed E-state index contributed by atoms with van der Waals surface area (Å²) in [4.78, 5) is 1.77. The van der Waals surface area contributed by atoms with Crippen LogP contribution in [0.15, 0.2) is 30.6 Å². The van der Waals surface area contributed by atoms with E-state index in [1.54, 1.807) is 4.80 Å². The average molecular weight is 285 g/mol. The predicted molar refractivity (Wildman–Crippen MR) is 82.1 cm³/mol. The Kier molecular flexibility index (Phi) is 4.29. The van der Waals surface area contributed by atoms with Crippen molar-refractivity contribution >= 4 is 0 Å². The molecule has 112 valence electrons. The van der Waals surface area contributed by atoms with E-state index in [4.69, 9.17) is 0 Å². The smallest absolute Gasteiger partial charge is 0.162 e. The monoisotopic (exact) mass is 285 g/mol. The van der Waals surface area contributed by atoms with Gasteiger partial charge in [0.2, 0.25) is 0 Å². The minimum absolute atomic E-state index is 0.168. The SMILES string of the molecule is CC(C)c1ccc([C@@H](C2CCCNC2)n2ncnn2)cc1. The molecular formula is C16H23N5. The van der Waals surface area contributed by atoms with Gasteiger partial charge < -0.3 is 5.32 Å². The number of hydrogen-bond acceptors (Lipinski definition) is 4. The fraction of sp³-hybridized carbons (Fsp3) is 0.562. The van der Waals surface area contributed by atoms with Crippen LogP contribution in [-0.2, 0) is 0 Å². The number of rotatable bonds is 4. The number of nitrogens with one attached hydrogen (secondary N) is 1. The minimum atomic E-state index is 0.168. The molecule has 0 amide bonds. The minimum Gasteiger partial charge on any atom is -0.316 e. The van der Waals surface area contributed by atoms with Crippen molar-refractivity contribution in [3.8, 4) is 0 Å². The van der Waals surface area contributed by atoms with Crippen molar-refractivity contribution in [2.24, 2.45) is 5.92 Å². The standard InChI is InChI=1S/C16H23N5/c1-12(2)13-5-7-14(8-6-13)16(21-19-11-18-20-21)15-4-3-9-17-10-15/h5-8,11-12,15-17H,3-4,9-10H2,1-2H3/t15?,16-/m0/s1. The van der Waals surface area contributed by atoms with E-state index in [1.807, 2.05) is 0 Å². The van der Waals surface area contributed by atoms with Crippen LogP contribution in [0.1, 0.15) is 49.8 Å². The first kappa shape index (κ1) is 14.2. The molecule has 2 aromatic rings. The third kappa shape index (κ3) is 3.13. The zero-order chi connectivity index (χ0) is 14.7. The van der Waals surface area contributed by atoms with Crippen LogP contribution in [0, 0.1) is 5.92 Å². The summed E-state index contributed by atoms with van der Waals surface area (Å²) in [7, 11) is 0. The van der Waals surface area contributed by atoms with E-state index in [2.05, 4.69) is 58.8 Å². The Morgan fingerprint density at radius 2 is 1.95 bits per heavy atom. The molecule has 1 N–H and O–H groups in total. The van der Waals surface area contributed by atoms with E-state index in [9.17, 15) is 0 Å². The highest BCUT2D eigenvalue weighted by Gasteiger charge is 2.28. The quantitative estimate of drug-likeness (QED) is 0.937. The first-order valence-corrected chi connectivity index (χ1v) is 7.78. The largest absolute Gasteiger partial charge is 0.316 e. The summed E-state index contributed by atoms with van der Waals surface area (Å²) in [5, 5.41) is 15.8. The molecule has 1 fully saturated rings. The van der Waals surface area contributed by atoms with Gasteiger partial charge >= 0.3 is 0 Å². The van der Waals surface area contributed by atoms with Gasteiger partial charge in [0.05, 0.1) is 0 Å². The lowest BCUT2D eigenvalue weighted by Crippen LogP contribution is -2.36. The summed E-state index contributed by atoms with van der Waals surface area (Å²) in [5.41, 5.74) is 2.64. The van der Waals surface area contributed by atoms with Gasteiger partial charge in [-0.25, -0.2) is 0 Å². The van der Waals surface area contributed by atoms with Gasteiger partial charge in [0.1, 0.15) is 6.04 Å². The van der Waals surface area contributed by atoms with Crippen LogP contribution < -0.4 is 5.32 Å². The second-order valence-corrected chi connectivity index (χ2v) is 6.13. The Morgan fingerprint density at radius 1 is 1.19 bits per heavy atom. The molecule has 2 atom stereocenters. The maximum atomic E-state index is 4.29. The van der Waals surface area contributed by atoms with Gasteiger partial charge in [-0.05, 0) is 47.6 Å². The van der Waals surface area contributed by atoms with Gasteiger partial charge in [-0.15, -0.1) is 10.2 Å². The third-order valence-electron chi connectivity index (χ3n) is 4.34. The van der Waals surface area contributed by atoms with Gasteiger partial charge in [0.15, 0.2) is 6.33 Å². The molecule has 21 heavy (non-hydrogen) atoms. The number of aromatic nitrogens is 4. The van der Waals surface area contributed by atoms with E-state index in [0.29, 0.717) is 11.8 Å². The maximum absolute atomic E-state index is 4.29. The van der Waals surface area contributed by atoms with Gasteiger partial charge in [0, 0.05) is 6.54 Å². The van der Waals surface area contributed by atoms with Crippen LogP contribution in [-0.4, -0.2) is 33.3 Å². The zero-order valence-corrected chi connectivity index (χ0v) is 12.7. The first-order valence-electron chi connectivity index (χ1n) is 7.78. The summed E-state index contributed by atoms with van der Waals surface area (Å²) in [6.45, 7) is 6.56. The number of benzene rings is 1. The van der Waals surface area contributed by atoms with E-state index < -0.39 is 0 Å². The van der Waals surface area contributed by atoms with Gasteiger partial charge in [-0.3, -0.25) is 0 Å². The van der Waals surface area contributed by atoms with Crippen molar-refractivity contribution in [2.45, 2.75) is 38.6 Å². The lowest BCUT2D eigenvalue weighted by atomic mass is 9.87. The second-order valence-electron chi connectivity index (χ2n) is 6.13. The van der Waals surface area contributed by atoms with Crippen molar-refractivity contribution in [3.63, 3.8) is 0 Å². The Balaban J connectivity index is 1.91. The molecule has 5 heteroatoms. The highest BCUT2D eigenvalue weighted by atomic mass is 15.6. The van der Waals surface area contributed by atoms with Gasteiger partial charge in [0.25, 0.3) is 0 Å². The van der Waals surface area contributed by atoms with Crippen molar-refractivity contribution in [2.75, 3.05) is 13.1 Å².